The number of benzene rings is 2. The molecule has 1 fully saturated rings. The number of hydrogen-bond donors (Lipinski definition) is 0. The number of aromatic nitrogens is 1. The van der Waals surface area contributed by atoms with Crippen LogP contribution in [-0.4, -0.2) is 54.6 Å². The summed E-state index contributed by atoms with van der Waals surface area (Å²) in [5.74, 6) is 1.22. The third-order valence-electron chi connectivity index (χ3n) is 7.41. The number of carbonyl (C=O) groups is 1. The number of anilines is 1. The van der Waals surface area contributed by atoms with Crippen molar-refractivity contribution in [2.45, 2.75) is 45.2 Å². The maximum Gasteiger partial charge on any atom is 0.233 e. The molecule has 1 amide bonds. The van der Waals surface area contributed by atoms with E-state index >= 15 is 0 Å². The van der Waals surface area contributed by atoms with Gasteiger partial charge in [-0.3, -0.25) is 4.79 Å². The molecule has 0 bridgehead atoms. The number of nitrogens with zero attached hydrogens (tertiary/aromatic N) is 4. The zero-order chi connectivity index (χ0) is 24.2. The Labute approximate surface area is 208 Å². The van der Waals surface area contributed by atoms with E-state index in [-0.39, 0.29) is 11.8 Å². The molecule has 184 valence electrons. The molecule has 3 aromatic rings. The number of hydrogen-bond acceptors (Lipinski definition) is 5. The van der Waals surface area contributed by atoms with Crippen LogP contribution in [0.25, 0.3) is 11.3 Å². The van der Waals surface area contributed by atoms with E-state index in [0.29, 0.717) is 13.1 Å². The van der Waals surface area contributed by atoms with E-state index in [4.69, 9.17) is 4.52 Å². The van der Waals surface area contributed by atoms with Gasteiger partial charge < -0.3 is 19.2 Å². The number of carbonyl (C=O) groups excluding carboxylic acids is 1. The lowest BCUT2D eigenvalue weighted by molar-refractivity contribution is -0.136. The van der Waals surface area contributed by atoms with Gasteiger partial charge in [0.1, 0.15) is 5.69 Å². The average Bonchev–Trinajstić information content (AvgIpc) is 3.57. The van der Waals surface area contributed by atoms with Crippen molar-refractivity contribution in [2.24, 2.45) is 5.92 Å². The molecule has 6 heteroatoms. The van der Waals surface area contributed by atoms with Gasteiger partial charge in [0, 0.05) is 37.7 Å². The highest BCUT2D eigenvalue weighted by Crippen LogP contribution is 2.36. The molecular weight excluding hydrogens is 436 g/mol. The molecule has 0 atom stereocenters. The van der Waals surface area contributed by atoms with Crippen molar-refractivity contribution in [3.8, 4) is 11.3 Å². The summed E-state index contributed by atoms with van der Waals surface area (Å²) in [5.41, 5.74) is 5.61. The molecular formula is C29H36N4O2. The van der Waals surface area contributed by atoms with E-state index in [1.54, 1.807) is 0 Å². The van der Waals surface area contributed by atoms with Crippen molar-refractivity contribution in [1.82, 2.24) is 15.0 Å². The standard InChI is InChI=1S/C29H36N4O2/c1-31(2)18-19-32(28(34)24-13-7-8-14-24)21-26-27(23-11-4-3-5-12-23)30-35-29(26)33-17-16-22-10-6-9-15-25(22)20-33/h3-6,9-12,15,24H,7-8,13-14,16-21H2,1-2H3. The van der Waals surface area contributed by atoms with Gasteiger partial charge in [-0.15, -0.1) is 0 Å². The molecule has 1 aromatic heterocycles. The molecule has 35 heavy (non-hydrogen) atoms. The Morgan fingerprint density at radius 3 is 2.46 bits per heavy atom. The van der Waals surface area contributed by atoms with Crippen LogP contribution in [0.1, 0.15) is 42.4 Å². The van der Waals surface area contributed by atoms with Crippen LogP contribution >= 0.6 is 0 Å². The molecule has 0 saturated heterocycles. The molecule has 1 saturated carbocycles. The number of fused-ring (bicyclic) bond motifs is 1. The molecule has 2 aromatic carbocycles. The number of rotatable bonds is 8. The number of likely N-dealkylation sites (N-methyl/N-ethyl adjacent to an activating group) is 1. The Morgan fingerprint density at radius 2 is 1.71 bits per heavy atom. The van der Waals surface area contributed by atoms with Crippen LogP contribution in [-0.2, 0) is 24.3 Å². The lowest BCUT2D eigenvalue weighted by Gasteiger charge is -2.31. The van der Waals surface area contributed by atoms with Crippen molar-refractivity contribution in [3.63, 3.8) is 0 Å². The molecule has 2 aliphatic rings. The summed E-state index contributed by atoms with van der Waals surface area (Å²) >= 11 is 0. The second-order valence-corrected chi connectivity index (χ2v) is 10.2. The van der Waals surface area contributed by atoms with Crippen LogP contribution in [0.4, 0.5) is 5.88 Å². The van der Waals surface area contributed by atoms with Crippen LogP contribution in [0.5, 0.6) is 0 Å². The fourth-order valence-electron chi connectivity index (χ4n) is 5.39. The zero-order valence-corrected chi connectivity index (χ0v) is 20.9. The van der Waals surface area contributed by atoms with E-state index in [9.17, 15) is 4.79 Å². The van der Waals surface area contributed by atoms with Gasteiger partial charge in [-0.25, -0.2) is 0 Å². The molecule has 0 spiro atoms. The minimum absolute atomic E-state index is 0.141. The first kappa shape index (κ1) is 23.6. The SMILES string of the molecule is CN(C)CCN(Cc1c(-c2ccccc2)noc1N1CCc2ccccc2C1)C(=O)C1CCCC1. The van der Waals surface area contributed by atoms with Gasteiger partial charge in [-0.2, -0.15) is 0 Å². The van der Waals surface area contributed by atoms with E-state index in [2.05, 4.69) is 70.3 Å². The topological polar surface area (TPSA) is 52.8 Å². The van der Waals surface area contributed by atoms with Crippen molar-refractivity contribution >= 4 is 11.8 Å². The molecule has 1 aliphatic heterocycles. The smallest absolute Gasteiger partial charge is 0.233 e. The van der Waals surface area contributed by atoms with Crippen molar-refractivity contribution in [2.75, 3.05) is 38.6 Å². The molecule has 2 heterocycles. The molecule has 0 unspecified atom stereocenters. The van der Waals surface area contributed by atoms with Crippen molar-refractivity contribution in [1.29, 1.82) is 0 Å². The van der Waals surface area contributed by atoms with E-state index in [0.717, 1.165) is 74.4 Å². The second kappa shape index (κ2) is 10.6. The van der Waals surface area contributed by atoms with Gasteiger partial charge in [0.05, 0.1) is 12.1 Å². The fraction of sp³-hybridized carbons (Fsp3) is 0.448. The summed E-state index contributed by atoms with van der Waals surface area (Å²) in [6.07, 6.45) is 5.28. The first-order valence-electron chi connectivity index (χ1n) is 12.9. The normalized spacial score (nSPS) is 16.0. The minimum Gasteiger partial charge on any atom is -0.338 e. The fourth-order valence-corrected chi connectivity index (χ4v) is 5.39. The van der Waals surface area contributed by atoms with Gasteiger partial charge >= 0.3 is 0 Å². The summed E-state index contributed by atoms with van der Waals surface area (Å²) in [7, 11) is 4.12. The molecule has 5 rings (SSSR count). The quantitative estimate of drug-likeness (QED) is 0.463. The summed E-state index contributed by atoms with van der Waals surface area (Å²) < 4.78 is 6.06. The summed E-state index contributed by atoms with van der Waals surface area (Å²) in [6, 6.07) is 18.8. The van der Waals surface area contributed by atoms with Crippen LogP contribution < -0.4 is 4.90 Å². The first-order chi connectivity index (χ1) is 17.1. The molecule has 0 radical (unpaired) electrons. The Bertz CT molecular complexity index is 1130. The average molecular weight is 473 g/mol. The highest BCUT2D eigenvalue weighted by molar-refractivity contribution is 5.80. The van der Waals surface area contributed by atoms with Gasteiger partial charge in [0.2, 0.25) is 11.8 Å². The van der Waals surface area contributed by atoms with Gasteiger partial charge in [-0.1, -0.05) is 72.6 Å². The molecule has 6 nitrogen and oxygen atoms in total. The Morgan fingerprint density at radius 1 is 1.00 bits per heavy atom. The second-order valence-electron chi connectivity index (χ2n) is 10.2. The van der Waals surface area contributed by atoms with E-state index < -0.39 is 0 Å². The summed E-state index contributed by atoms with van der Waals surface area (Å²) in [5, 5.41) is 4.56. The Balaban J connectivity index is 1.49. The van der Waals surface area contributed by atoms with Crippen LogP contribution in [0.3, 0.4) is 0 Å². The Kier molecular flexibility index (Phi) is 7.19. The lowest BCUT2D eigenvalue weighted by Crippen LogP contribution is -2.40. The van der Waals surface area contributed by atoms with Crippen LogP contribution in [0, 0.1) is 5.92 Å². The van der Waals surface area contributed by atoms with E-state index in [1.165, 1.54) is 11.1 Å². The molecule has 1 aliphatic carbocycles. The molecule has 0 N–H and O–H groups in total. The predicted molar refractivity (Wildman–Crippen MR) is 139 cm³/mol. The maximum atomic E-state index is 13.6. The van der Waals surface area contributed by atoms with Crippen molar-refractivity contribution < 1.29 is 9.32 Å². The van der Waals surface area contributed by atoms with E-state index in [1.807, 2.05) is 18.2 Å². The monoisotopic (exact) mass is 472 g/mol. The lowest BCUT2D eigenvalue weighted by atomic mass is 9.99. The van der Waals surface area contributed by atoms with Gasteiger partial charge in [0.25, 0.3) is 0 Å². The first-order valence-corrected chi connectivity index (χ1v) is 12.9. The highest BCUT2D eigenvalue weighted by atomic mass is 16.5. The third-order valence-corrected chi connectivity index (χ3v) is 7.41. The van der Waals surface area contributed by atoms with Crippen molar-refractivity contribution in [3.05, 3.63) is 71.3 Å². The predicted octanol–water partition coefficient (Wildman–Crippen LogP) is 4.98. The van der Waals surface area contributed by atoms with Crippen LogP contribution in [0.2, 0.25) is 0 Å². The van der Waals surface area contributed by atoms with Gasteiger partial charge in [0.15, 0.2) is 0 Å². The third kappa shape index (κ3) is 5.27. The highest BCUT2D eigenvalue weighted by Gasteiger charge is 2.31. The van der Waals surface area contributed by atoms with Crippen LogP contribution in [0.15, 0.2) is 59.1 Å². The maximum absolute atomic E-state index is 13.6. The minimum atomic E-state index is 0.141. The summed E-state index contributed by atoms with van der Waals surface area (Å²) in [4.78, 5) is 20.1. The largest absolute Gasteiger partial charge is 0.338 e. The van der Waals surface area contributed by atoms with Gasteiger partial charge in [-0.05, 0) is 44.5 Å². The number of amides is 1. The summed E-state index contributed by atoms with van der Waals surface area (Å²) in [6.45, 7) is 3.72. The Hall–Kier alpha value is -3.12. The zero-order valence-electron chi connectivity index (χ0n) is 20.9.